The predicted molar refractivity (Wildman–Crippen MR) is 219 cm³/mol. The van der Waals surface area contributed by atoms with Crippen LogP contribution in [0.1, 0.15) is 29.2 Å². The first kappa shape index (κ1) is 49.8. The summed E-state index contributed by atoms with van der Waals surface area (Å²) in [6.45, 7) is 1.03. The van der Waals surface area contributed by atoms with Gasteiger partial charge in [-0.25, -0.2) is 4.18 Å². The molecule has 4 aromatic rings. The summed E-state index contributed by atoms with van der Waals surface area (Å²) in [4.78, 5) is 4.20. The fraction of sp³-hybridized carbons (Fsp3) is 0.432. The molecule has 62 heavy (non-hydrogen) atoms. The van der Waals surface area contributed by atoms with Crippen molar-refractivity contribution in [2.45, 2.75) is 94.7 Å². The normalized spacial score (nSPS) is 26.7. The molecule has 2 saturated heterocycles. The molecule has 0 spiro atoms. The van der Waals surface area contributed by atoms with Gasteiger partial charge in [-0.1, -0.05) is 121 Å². The van der Waals surface area contributed by atoms with E-state index in [2.05, 4.69) is 4.99 Å². The van der Waals surface area contributed by atoms with Crippen molar-refractivity contribution in [3.05, 3.63) is 144 Å². The van der Waals surface area contributed by atoms with Crippen molar-refractivity contribution in [2.24, 2.45) is 10.7 Å². The number of hydrogen-bond acceptors (Lipinski definition) is 15. The number of aliphatic hydroxyl groups excluding tert-OH is 1. The maximum atomic E-state index is 12.7. The third kappa shape index (κ3) is 15.2. The van der Waals surface area contributed by atoms with Gasteiger partial charge in [0.1, 0.15) is 48.8 Å². The Morgan fingerprint density at radius 2 is 1.11 bits per heavy atom. The van der Waals surface area contributed by atoms with Crippen LogP contribution in [-0.4, -0.2) is 112 Å². The van der Waals surface area contributed by atoms with Crippen molar-refractivity contribution in [1.29, 1.82) is 0 Å². The summed E-state index contributed by atoms with van der Waals surface area (Å²) in [5.74, 6) is -0.658. The van der Waals surface area contributed by atoms with Crippen LogP contribution in [0.2, 0.25) is 0 Å². The van der Waals surface area contributed by atoms with E-state index in [0.717, 1.165) is 22.3 Å². The number of ether oxygens (including phenoxy) is 8. The van der Waals surface area contributed by atoms with Crippen LogP contribution in [0.5, 0.6) is 0 Å². The van der Waals surface area contributed by atoms with E-state index in [4.69, 9.17) is 47.8 Å². The predicted octanol–water partition coefficient (Wildman–Crippen LogP) is 0.101. The van der Waals surface area contributed by atoms with Crippen molar-refractivity contribution in [3.63, 3.8) is 0 Å². The Kier molecular flexibility index (Phi) is 20.4. The van der Waals surface area contributed by atoms with Crippen molar-refractivity contribution in [1.82, 2.24) is 0 Å². The van der Waals surface area contributed by atoms with Gasteiger partial charge >= 0.3 is 40.0 Å². The Bertz CT molecular complexity index is 2010. The number of aliphatic hydroxyl groups is 1. The van der Waals surface area contributed by atoms with E-state index < -0.39 is 84.3 Å². The smallest absolute Gasteiger partial charge is 0.862 e. The molecule has 0 unspecified atom stereocenters. The van der Waals surface area contributed by atoms with Crippen LogP contribution < -0.4 is 40.4 Å². The summed E-state index contributed by atoms with van der Waals surface area (Å²) in [6.07, 6.45) is -11.0. The molecule has 6 rings (SSSR count). The van der Waals surface area contributed by atoms with Gasteiger partial charge < -0.3 is 53.8 Å². The van der Waals surface area contributed by atoms with Crippen LogP contribution in [0, 0.1) is 0 Å². The maximum Gasteiger partial charge on any atom is 1.00 e. The molecule has 16 nitrogen and oxygen atoms in total. The zero-order chi connectivity index (χ0) is 43.0. The molecule has 2 aliphatic heterocycles. The first-order valence-corrected chi connectivity index (χ1v) is 21.3. The van der Waals surface area contributed by atoms with Gasteiger partial charge in [-0.3, -0.25) is 9.55 Å². The van der Waals surface area contributed by atoms with Crippen molar-refractivity contribution >= 4 is 16.3 Å². The van der Waals surface area contributed by atoms with Crippen molar-refractivity contribution in [3.8, 4) is 0 Å². The quantitative estimate of drug-likeness (QED) is 0.0413. The van der Waals surface area contributed by atoms with Crippen molar-refractivity contribution < 1.29 is 94.8 Å². The number of nitrogens with two attached hydrogens (primary N) is 1. The Hall–Kier alpha value is -3.18. The number of hydrogen-bond donors (Lipinski definition) is 3. The average Bonchev–Trinajstić information content (AvgIpc) is 3.26. The number of aliphatic imine (C=N–C) groups is 1. The zero-order valence-corrected chi connectivity index (χ0v) is 37.5. The van der Waals surface area contributed by atoms with Gasteiger partial charge in [-0.05, 0) is 35.1 Å². The number of benzene rings is 4. The third-order valence-electron chi connectivity index (χ3n) is 9.88. The zero-order valence-electron chi connectivity index (χ0n) is 34.7. The summed E-state index contributed by atoms with van der Waals surface area (Å²) in [5, 5.41) is 24.7. The van der Waals surface area contributed by atoms with E-state index in [0.29, 0.717) is 0 Å². The molecule has 0 bridgehead atoms. The van der Waals surface area contributed by atoms with E-state index in [1.165, 1.54) is 6.92 Å². The minimum Gasteiger partial charge on any atom is -0.862 e. The number of nitrogens with zero attached hydrogens (tertiary/aromatic N) is 1. The summed E-state index contributed by atoms with van der Waals surface area (Å²) in [7, 11) is -4.98. The second kappa shape index (κ2) is 25.3. The molecule has 0 aliphatic carbocycles. The molecule has 0 aromatic heterocycles. The summed E-state index contributed by atoms with van der Waals surface area (Å²) in [6, 6.07) is 36.0. The van der Waals surface area contributed by atoms with Crippen LogP contribution >= 0.6 is 0 Å². The van der Waals surface area contributed by atoms with E-state index in [-0.39, 0.29) is 75.7 Å². The van der Waals surface area contributed by atoms with Gasteiger partial charge in [0.25, 0.3) is 0 Å². The summed E-state index contributed by atoms with van der Waals surface area (Å²) >= 11 is 0. The minimum absolute atomic E-state index is 0. The molecule has 4 N–H and O–H groups in total. The number of rotatable bonds is 22. The molecular formula is C44H53N2NaO14S. The van der Waals surface area contributed by atoms with Crippen molar-refractivity contribution in [2.75, 3.05) is 26.4 Å². The van der Waals surface area contributed by atoms with E-state index in [9.17, 15) is 23.2 Å². The fourth-order valence-electron chi connectivity index (χ4n) is 7.04. The topological polar surface area (TPSA) is 219 Å². The van der Waals surface area contributed by atoms with Gasteiger partial charge in [-0.15, -0.1) is 0 Å². The molecule has 4 aromatic carbocycles. The molecule has 18 heteroatoms. The third-order valence-corrected chi connectivity index (χ3v) is 10.3. The molecule has 2 fully saturated rings. The first-order chi connectivity index (χ1) is 29.6. The van der Waals surface area contributed by atoms with E-state index >= 15 is 0 Å². The van der Waals surface area contributed by atoms with Gasteiger partial charge in [-0.2, -0.15) is 8.42 Å². The Balaban J connectivity index is 0.00000726. The van der Waals surface area contributed by atoms with Crippen LogP contribution in [0.4, 0.5) is 0 Å². The average molecular weight is 889 g/mol. The molecule has 330 valence electrons. The molecule has 0 radical (unpaired) electrons. The Morgan fingerprint density at radius 3 is 1.60 bits per heavy atom. The fourth-order valence-corrected chi connectivity index (χ4v) is 7.35. The molecule has 10 atom stereocenters. The largest absolute Gasteiger partial charge is 1.00 e. The molecule has 0 saturated carbocycles. The van der Waals surface area contributed by atoms with Gasteiger partial charge in [0.05, 0.1) is 46.2 Å². The van der Waals surface area contributed by atoms with Gasteiger partial charge in [0.2, 0.25) is 0 Å². The van der Waals surface area contributed by atoms with Crippen LogP contribution in [0.15, 0.2) is 126 Å². The maximum absolute atomic E-state index is 12.7. The second-order valence-corrected chi connectivity index (χ2v) is 15.6. The molecule has 2 aliphatic rings. The minimum atomic E-state index is -4.98. The van der Waals surface area contributed by atoms with Gasteiger partial charge in [0.15, 0.2) is 12.6 Å². The molecule has 0 amide bonds. The summed E-state index contributed by atoms with van der Waals surface area (Å²) in [5.41, 5.74) is 9.22. The second-order valence-electron chi connectivity index (χ2n) is 14.5. The standard InChI is InChI=1S/C44H54N2O14S.Na/c1-30(47)46-37-38(48)39(54-25-32-16-8-3-9-17-32)36(29-57-61(49,50)51)58-43(37)60-40-35(28-52-24-31-14-6-2-7-15-31)59-44(53-23-22-45)42(56-27-34-20-12-5-13-21-34)41(40)55-26-33-18-10-4-11-19-33;/h2-21,35-44,48H,22-29,45H2,1H3,(H,46,47)(H,49,50,51);/q;+1/p-1/t35-,36-,37-,38-,39-,40-,41+,42-,43+,44-;/m1./s1. The monoisotopic (exact) mass is 888 g/mol. The first-order valence-electron chi connectivity index (χ1n) is 20.0. The molecule has 2 heterocycles. The SMILES string of the molecule is CC([O-])=N[C@H]1[C@H](O[C@H]2[C@H](OCc3ccccc3)[C@@H](OCc3ccccc3)[C@H](OCCN)O[C@@H]2COCc2ccccc2)O[C@H](COS(=O)(=O)O)[C@@H](OCc2ccccc2)[C@@H]1O.[Na+]. The van der Waals surface area contributed by atoms with Gasteiger partial charge in [0, 0.05) is 6.54 Å². The van der Waals surface area contributed by atoms with Crippen LogP contribution in [-0.2, 0) is 78.9 Å². The van der Waals surface area contributed by atoms with Crippen LogP contribution in [0.25, 0.3) is 0 Å². The van der Waals surface area contributed by atoms with Crippen LogP contribution in [0.3, 0.4) is 0 Å². The van der Waals surface area contributed by atoms with E-state index in [1.54, 1.807) is 24.3 Å². The Morgan fingerprint density at radius 1 is 0.661 bits per heavy atom. The summed E-state index contributed by atoms with van der Waals surface area (Å²) < 4.78 is 89.6. The Labute approximate surface area is 384 Å². The van der Waals surface area contributed by atoms with E-state index in [1.807, 2.05) is 97.1 Å². The molecular weight excluding hydrogens is 836 g/mol.